The number of hydrogen-bond donors (Lipinski definition) is 1. The van der Waals surface area contributed by atoms with Crippen molar-refractivity contribution in [1.82, 2.24) is 15.1 Å². The van der Waals surface area contributed by atoms with Gasteiger partial charge in [0.15, 0.2) is 0 Å². The molecule has 2 aromatic rings. The summed E-state index contributed by atoms with van der Waals surface area (Å²) >= 11 is 0. The minimum Gasteiger partial charge on any atom is -0.331 e. The molecule has 0 spiro atoms. The molecule has 2 rings (SSSR count). The fourth-order valence-electron chi connectivity index (χ4n) is 2.59. The summed E-state index contributed by atoms with van der Waals surface area (Å²) in [6.07, 6.45) is 0. The Morgan fingerprint density at radius 3 is 2.30 bits per heavy atom. The summed E-state index contributed by atoms with van der Waals surface area (Å²) in [5.74, 6) is -0.294. The van der Waals surface area contributed by atoms with Crippen LogP contribution in [0.25, 0.3) is 0 Å². The van der Waals surface area contributed by atoms with E-state index in [0.29, 0.717) is 18.7 Å². The van der Waals surface area contributed by atoms with Crippen LogP contribution >= 0.6 is 0 Å². The lowest BCUT2D eigenvalue weighted by molar-refractivity contribution is 0.185. The summed E-state index contributed by atoms with van der Waals surface area (Å²) < 4.78 is 13.1. The fourth-order valence-corrected chi connectivity index (χ4v) is 2.59. The second-order valence-corrected chi connectivity index (χ2v) is 6.76. The van der Waals surface area contributed by atoms with Gasteiger partial charge >= 0.3 is 6.03 Å². The van der Waals surface area contributed by atoms with Crippen molar-refractivity contribution in [3.8, 4) is 6.07 Å². The molecule has 5 nitrogen and oxygen atoms in total. The highest BCUT2D eigenvalue weighted by atomic mass is 19.1. The number of nitrogens with one attached hydrogen (secondary N) is 1. The van der Waals surface area contributed by atoms with E-state index >= 15 is 0 Å². The first kappa shape index (κ1) is 20.4. The van der Waals surface area contributed by atoms with Gasteiger partial charge in [0.25, 0.3) is 0 Å². The minimum absolute atomic E-state index is 0.182. The Kier molecular flexibility index (Phi) is 7.33. The van der Waals surface area contributed by atoms with Gasteiger partial charge in [-0.2, -0.15) is 5.26 Å². The maximum absolute atomic E-state index is 13.1. The van der Waals surface area contributed by atoms with Crippen molar-refractivity contribution in [2.45, 2.75) is 19.5 Å². The number of nitriles is 1. The van der Waals surface area contributed by atoms with Crippen LogP contribution in [0.15, 0.2) is 48.5 Å². The molecule has 2 aromatic carbocycles. The zero-order chi connectivity index (χ0) is 19.8. The number of urea groups is 1. The van der Waals surface area contributed by atoms with E-state index < -0.39 is 0 Å². The summed E-state index contributed by atoms with van der Waals surface area (Å²) in [7, 11) is 3.90. The average molecular weight is 368 g/mol. The Bertz CT molecular complexity index is 781. The second-order valence-electron chi connectivity index (χ2n) is 6.76. The number of rotatable bonds is 7. The van der Waals surface area contributed by atoms with E-state index in [4.69, 9.17) is 5.26 Å². The average Bonchev–Trinajstić information content (AvgIpc) is 2.66. The molecule has 1 atom stereocenters. The molecule has 0 aliphatic carbocycles. The predicted octanol–water partition coefficient (Wildman–Crippen LogP) is 3.53. The maximum Gasteiger partial charge on any atom is 0.318 e. The standard InChI is InChI=1S/C21H25FN4O/c1-16(19-8-4-17(14-23)5-9-19)24-21(27)26(13-12-25(2)3)15-18-6-10-20(22)11-7-18/h4-11,16H,12-13,15H2,1-3H3,(H,24,27). The zero-order valence-electron chi connectivity index (χ0n) is 15.9. The first-order chi connectivity index (χ1) is 12.9. The third-order valence-corrected chi connectivity index (χ3v) is 4.27. The molecule has 0 aromatic heterocycles. The fraction of sp³-hybridized carbons (Fsp3) is 0.333. The molecular weight excluding hydrogens is 343 g/mol. The third-order valence-electron chi connectivity index (χ3n) is 4.27. The van der Waals surface area contributed by atoms with Crippen LogP contribution in [0.3, 0.4) is 0 Å². The van der Waals surface area contributed by atoms with E-state index in [9.17, 15) is 9.18 Å². The third kappa shape index (κ3) is 6.39. The summed E-state index contributed by atoms with van der Waals surface area (Å²) in [6.45, 7) is 3.58. The first-order valence-corrected chi connectivity index (χ1v) is 8.83. The van der Waals surface area contributed by atoms with E-state index in [1.807, 2.05) is 38.1 Å². The molecular formula is C21H25FN4O. The molecule has 142 valence electrons. The largest absolute Gasteiger partial charge is 0.331 e. The van der Waals surface area contributed by atoms with Gasteiger partial charge in [0.05, 0.1) is 17.7 Å². The monoisotopic (exact) mass is 368 g/mol. The van der Waals surface area contributed by atoms with Crippen molar-refractivity contribution in [1.29, 1.82) is 5.26 Å². The molecule has 0 bridgehead atoms. The van der Waals surface area contributed by atoms with E-state index in [1.54, 1.807) is 29.2 Å². The molecule has 1 unspecified atom stereocenters. The Hall–Kier alpha value is -2.91. The number of hydrogen-bond acceptors (Lipinski definition) is 3. The second kappa shape index (κ2) is 9.70. The van der Waals surface area contributed by atoms with Crippen LogP contribution in [0, 0.1) is 17.1 Å². The topological polar surface area (TPSA) is 59.4 Å². The summed E-state index contributed by atoms with van der Waals surface area (Å²) in [4.78, 5) is 16.5. The highest BCUT2D eigenvalue weighted by Crippen LogP contribution is 2.14. The van der Waals surface area contributed by atoms with Crippen LogP contribution in [0.5, 0.6) is 0 Å². The van der Waals surface area contributed by atoms with E-state index in [0.717, 1.165) is 17.7 Å². The molecule has 0 saturated heterocycles. The minimum atomic E-state index is -0.294. The smallest absolute Gasteiger partial charge is 0.318 e. The number of benzene rings is 2. The SMILES string of the molecule is CC(NC(=O)N(CCN(C)C)Cc1ccc(F)cc1)c1ccc(C#N)cc1. The molecule has 0 fully saturated rings. The number of nitrogens with zero attached hydrogens (tertiary/aromatic N) is 3. The first-order valence-electron chi connectivity index (χ1n) is 8.83. The van der Waals surface area contributed by atoms with Crippen molar-refractivity contribution >= 4 is 6.03 Å². The predicted molar refractivity (Wildman–Crippen MR) is 103 cm³/mol. The number of halogens is 1. The van der Waals surface area contributed by atoms with E-state index in [1.165, 1.54) is 12.1 Å². The highest BCUT2D eigenvalue weighted by Gasteiger charge is 2.17. The number of carbonyl (C=O) groups excluding carboxylic acids is 1. The summed E-state index contributed by atoms with van der Waals surface area (Å²) in [6, 6.07) is 15.0. The molecule has 0 saturated carbocycles. The van der Waals surface area contributed by atoms with Gasteiger partial charge < -0.3 is 15.1 Å². The lowest BCUT2D eigenvalue weighted by atomic mass is 10.1. The van der Waals surface area contributed by atoms with Crippen LogP contribution in [0.1, 0.15) is 29.7 Å². The highest BCUT2D eigenvalue weighted by molar-refractivity contribution is 5.74. The van der Waals surface area contributed by atoms with Crippen LogP contribution < -0.4 is 5.32 Å². The van der Waals surface area contributed by atoms with Gasteiger partial charge in [-0.25, -0.2) is 9.18 Å². The number of amides is 2. The molecule has 0 aliphatic heterocycles. The Labute approximate surface area is 160 Å². The number of carbonyl (C=O) groups is 1. The lowest BCUT2D eigenvalue weighted by Gasteiger charge is -2.27. The normalized spacial score (nSPS) is 11.7. The zero-order valence-corrected chi connectivity index (χ0v) is 15.9. The van der Waals surface area contributed by atoms with Gasteiger partial charge in [-0.1, -0.05) is 24.3 Å². The van der Waals surface area contributed by atoms with Gasteiger partial charge in [-0.05, 0) is 56.4 Å². The maximum atomic E-state index is 13.1. The van der Waals surface area contributed by atoms with Gasteiger partial charge in [0, 0.05) is 19.6 Å². The van der Waals surface area contributed by atoms with Gasteiger partial charge in [-0.15, -0.1) is 0 Å². The molecule has 27 heavy (non-hydrogen) atoms. The van der Waals surface area contributed by atoms with Crippen molar-refractivity contribution in [2.75, 3.05) is 27.2 Å². The summed E-state index contributed by atoms with van der Waals surface area (Å²) in [5, 5.41) is 11.9. The Morgan fingerprint density at radius 2 is 1.74 bits per heavy atom. The number of likely N-dealkylation sites (N-methyl/N-ethyl adjacent to an activating group) is 1. The lowest BCUT2D eigenvalue weighted by Crippen LogP contribution is -2.43. The summed E-state index contributed by atoms with van der Waals surface area (Å²) in [5.41, 5.74) is 2.38. The molecule has 0 heterocycles. The van der Waals surface area contributed by atoms with Crippen molar-refractivity contribution in [2.24, 2.45) is 0 Å². The van der Waals surface area contributed by atoms with E-state index in [2.05, 4.69) is 11.4 Å². The van der Waals surface area contributed by atoms with Crippen molar-refractivity contribution in [3.05, 3.63) is 71.0 Å². The quantitative estimate of drug-likeness (QED) is 0.813. The van der Waals surface area contributed by atoms with Gasteiger partial charge in [-0.3, -0.25) is 0 Å². The molecule has 2 amide bonds. The molecule has 6 heteroatoms. The molecule has 0 radical (unpaired) electrons. The van der Waals surface area contributed by atoms with Gasteiger partial charge in [0.2, 0.25) is 0 Å². The van der Waals surface area contributed by atoms with Gasteiger partial charge in [0.1, 0.15) is 5.82 Å². The van der Waals surface area contributed by atoms with Crippen molar-refractivity contribution < 1.29 is 9.18 Å². The molecule has 1 N–H and O–H groups in total. The van der Waals surface area contributed by atoms with Crippen LogP contribution in [-0.4, -0.2) is 43.0 Å². The van der Waals surface area contributed by atoms with Crippen molar-refractivity contribution in [3.63, 3.8) is 0 Å². The van der Waals surface area contributed by atoms with Crippen LogP contribution in [-0.2, 0) is 6.54 Å². The Morgan fingerprint density at radius 1 is 1.11 bits per heavy atom. The van der Waals surface area contributed by atoms with Crippen LogP contribution in [0.4, 0.5) is 9.18 Å². The molecule has 0 aliphatic rings. The van der Waals surface area contributed by atoms with E-state index in [-0.39, 0.29) is 17.9 Å². The van der Waals surface area contributed by atoms with Crippen LogP contribution in [0.2, 0.25) is 0 Å². The Balaban J connectivity index is 2.06.